The van der Waals surface area contributed by atoms with Crippen molar-refractivity contribution in [2.75, 3.05) is 6.54 Å². The number of carbonyl (C=O) groups is 1. The maximum absolute atomic E-state index is 12.3. The maximum atomic E-state index is 12.3. The van der Waals surface area contributed by atoms with Crippen LogP contribution in [0.2, 0.25) is 0 Å². The average Bonchev–Trinajstić information content (AvgIpc) is 3.03. The van der Waals surface area contributed by atoms with Crippen LogP contribution in [0.3, 0.4) is 0 Å². The van der Waals surface area contributed by atoms with Gasteiger partial charge in [-0.25, -0.2) is 0 Å². The van der Waals surface area contributed by atoms with Crippen molar-refractivity contribution in [3.05, 3.63) is 70.8 Å². The largest absolute Gasteiger partial charge is 0.352 e. The highest BCUT2D eigenvalue weighted by Crippen LogP contribution is 2.44. The molecule has 6 heteroatoms. The number of carbonyl (C=O) groups excluding carboxylic acids is 1. The Labute approximate surface area is 183 Å². The van der Waals surface area contributed by atoms with Crippen LogP contribution >= 0.6 is 12.2 Å². The van der Waals surface area contributed by atoms with Crippen molar-refractivity contribution >= 4 is 28.9 Å². The molecule has 2 saturated heterocycles. The molecule has 0 bridgehead atoms. The standard InChI is InChI=1S/C24H28N4OS/c1-15-5-9-17(10-6-15)19-13-20(27-28-21(29)14-25-23(28)30)24(3,4)22(26-19)18-11-7-16(2)8-12-18/h5-12,19,22,26H,13-14H2,1-4H3,(H,25,30)/b27-20+. The molecule has 2 N–H and O–H groups in total. The summed E-state index contributed by atoms with van der Waals surface area (Å²) in [5.41, 5.74) is 5.57. The molecule has 1 amide bonds. The summed E-state index contributed by atoms with van der Waals surface area (Å²) in [6, 6.07) is 17.4. The number of amides is 1. The van der Waals surface area contributed by atoms with Gasteiger partial charge in [-0.1, -0.05) is 73.5 Å². The highest BCUT2D eigenvalue weighted by Gasteiger charge is 2.43. The molecule has 5 nitrogen and oxygen atoms in total. The summed E-state index contributed by atoms with van der Waals surface area (Å²) in [5, 5.41) is 13.3. The lowest BCUT2D eigenvalue weighted by atomic mass is 9.70. The third kappa shape index (κ3) is 3.89. The van der Waals surface area contributed by atoms with Gasteiger partial charge in [-0.2, -0.15) is 10.1 Å². The minimum atomic E-state index is -0.297. The number of rotatable bonds is 3. The maximum Gasteiger partial charge on any atom is 0.268 e. The Bertz CT molecular complexity index is 979. The van der Waals surface area contributed by atoms with Crippen LogP contribution in [0.15, 0.2) is 53.6 Å². The number of piperidine rings is 1. The molecule has 0 radical (unpaired) electrons. The minimum absolute atomic E-state index is 0.0520. The highest BCUT2D eigenvalue weighted by atomic mass is 32.1. The quantitative estimate of drug-likeness (QED) is 0.732. The smallest absolute Gasteiger partial charge is 0.268 e. The summed E-state index contributed by atoms with van der Waals surface area (Å²) in [4.78, 5) is 12.3. The fourth-order valence-electron chi connectivity index (χ4n) is 4.18. The fraction of sp³-hybridized carbons (Fsp3) is 0.375. The van der Waals surface area contributed by atoms with Crippen LogP contribution in [0.4, 0.5) is 0 Å². The van der Waals surface area contributed by atoms with E-state index in [-0.39, 0.29) is 30.0 Å². The summed E-state index contributed by atoms with van der Waals surface area (Å²) in [6.45, 7) is 8.77. The molecule has 2 aromatic carbocycles. The molecular formula is C24H28N4OS. The Balaban J connectivity index is 1.77. The van der Waals surface area contributed by atoms with Gasteiger partial charge in [0.1, 0.15) is 0 Å². The second kappa shape index (κ2) is 7.93. The van der Waals surface area contributed by atoms with Crippen LogP contribution in [0, 0.1) is 19.3 Å². The molecule has 0 aromatic heterocycles. The van der Waals surface area contributed by atoms with Crippen LogP contribution in [0.25, 0.3) is 0 Å². The molecule has 4 rings (SSSR count). The van der Waals surface area contributed by atoms with Crippen molar-refractivity contribution in [1.29, 1.82) is 0 Å². The van der Waals surface area contributed by atoms with E-state index in [2.05, 4.69) is 86.9 Å². The van der Waals surface area contributed by atoms with Crippen LogP contribution < -0.4 is 10.6 Å². The first-order valence-corrected chi connectivity index (χ1v) is 10.7. The molecule has 156 valence electrons. The average molecular weight is 421 g/mol. The number of hydrazone groups is 1. The summed E-state index contributed by atoms with van der Waals surface area (Å²) < 4.78 is 0. The first-order valence-electron chi connectivity index (χ1n) is 10.3. The molecule has 0 saturated carbocycles. The number of thiocarbonyl (C=S) groups is 1. The molecule has 2 aliphatic rings. The van der Waals surface area contributed by atoms with E-state index in [9.17, 15) is 4.79 Å². The van der Waals surface area contributed by atoms with E-state index in [0.717, 1.165) is 5.71 Å². The van der Waals surface area contributed by atoms with Gasteiger partial charge in [0.2, 0.25) is 0 Å². The van der Waals surface area contributed by atoms with Crippen molar-refractivity contribution < 1.29 is 4.79 Å². The van der Waals surface area contributed by atoms with Gasteiger partial charge in [0, 0.05) is 29.6 Å². The molecule has 0 spiro atoms. The Hall–Kier alpha value is -2.57. The second-order valence-electron chi connectivity index (χ2n) is 8.81. The SMILES string of the molecule is Cc1ccc(C2C/C(=N\N3C(=O)CNC3=S)C(C)(C)C(c3ccc(C)cc3)N2)cc1. The van der Waals surface area contributed by atoms with Gasteiger partial charge in [-0.15, -0.1) is 0 Å². The van der Waals surface area contributed by atoms with Crippen molar-refractivity contribution in [2.24, 2.45) is 10.5 Å². The number of nitrogens with zero attached hydrogens (tertiary/aromatic N) is 2. The third-order valence-electron chi connectivity index (χ3n) is 6.16. The Morgan fingerprint density at radius 1 is 1.00 bits per heavy atom. The first kappa shape index (κ1) is 20.7. The van der Waals surface area contributed by atoms with Gasteiger partial charge in [0.05, 0.1) is 6.54 Å². The van der Waals surface area contributed by atoms with Crippen LogP contribution in [0.5, 0.6) is 0 Å². The lowest BCUT2D eigenvalue weighted by Crippen LogP contribution is -2.48. The molecule has 2 unspecified atom stereocenters. The highest BCUT2D eigenvalue weighted by molar-refractivity contribution is 7.80. The van der Waals surface area contributed by atoms with Gasteiger partial charge in [0.25, 0.3) is 5.91 Å². The van der Waals surface area contributed by atoms with E-state index in [1.54, 1.807) is 0 Å². The number of benzene rings is 2. The van der Waals surface area contributed by atoms with Crippen molar-refractivity contribution in [3.63, 3.8) is 0 Å². The molecule has 2 aromatic rings. The van der Waals surface area contributed by atoms with E-state index in [4.69, 9.17) is 17.3 Å². The number of hydrogen-bond donors (Lipinski definition) is 2. The van der Waals surface area contributed by atoms with E-state index < -0.39 is 0 Å². The summed E-state index contributed by atoms with van der Waals surface area (Å²) >= 11 is 5.31. The van der Waals surface area contributed by atoms with Gasteiger partial charge in [-0.3, -0.25) is 4.79 Å². The van der Waals surface area contributed by atoms with E-state index in [1.807, 2.05) is 0 Å². The summed E-state index contributed by atoms with van der Waals surface area (Å²) in [6.07, 6.45) is 0.713. The van der Waals surface area contributed by atoms with Crippen molar-refractivity contribution in [1.82, 2.24) is 15.6 Å². The third-order valence-corrected chi connectivity index (χ3v) is 6.48. The normalized spacial score (nSPS) is 24.9. The molecule has 0 aliphatic carbocycles. The number of nitrogens with one attached hydrogen (secondary N) is 2. The molecule has 2 atom stereocenters. The van der Waals surface area contributed by atoms with Gasteiger partial charge < -0.3 is 10.6 Å². The van der Waals surface area contributed by atoms with Gasteiger partial charge in [0.15, 0.2) is 5.11 Å². The summed E-state index contributed by atoms with van der Waals surface area (Å²) in [7, 11) is 0. The Morgan fingerprint density at radius 2 is 1.57 bits per heavy atom. The van der Waals surface area contributed by atoms with Crippen LogP contribution in [-0.2, 0) is 4.79 Å². The van der Waals surface area contributed by atoms with E-state index in [1.165, 1.54) is 27.3 Å². The van der Waals surface area contributed by atoms with Crippen LogP contribution in [-0.4, -0.2) is 28.3 Å². The molecule has 30 heavy (non-hydrogen) atoms. The van der Waals surface area contributed by atoms with Gasteiger partial charge >= 0.3 is 0 Å². The zero-order valence-electron chi connectivity index (χ0n) is 17.9. The van der Waals surface area contributed by atoms with Gasteiger partial charge in [-0.05, 0) is 37.2 Å². The number of aryl methyl sites for hydroxylation is 2. The Morgan fingerprint density at radius 3 is 2.10 bits per heavy atom. The lowest BCUT2D eigenvalue weighted by molar-refractivity contribution is -0.124. The monoisotopic (exact) mass is 420 g/mol. The zero-order valence-corrected chi connectivity index (χ0v) is 18.7. The van der Waals surface area contributed by atoms with E-state index >= 15 is 0 Å². The number of hydrogen-bond acceptors (Lipinski definition) is 4. The topological polar surface area (TPSA) is 56.7 Å². The predicted octanol–water partition coefficient (Wildman–Crippen LogP) is 4.18. The van der Waals surface area contributed by atoms with Crippen molar-refractivity contribution in [2.45, 2.75) is 46.2 Å². The predicted molar refractivity (Wildman–Crippen MR) is 124 cm³/mol. The van der Waals surface area contributed by atoms with Crippen LogP contribution in [0.1, 0.15) is 54.6 Å². The van der Waals surface area contributed by atoms with Crippen molar-refractivity contribution in [3.8, 4) is 0 Å². The molecule has 2 heterocycles. The molecule has 2 fully saturated rings. The first-order chi connectivity index (χ1) is 14.3. The Kier molecular flexibility index (Phi) is 5.47. The zero-order chi connectivity index (χ0) is 21.5. The molecular weight excluding hydrogens is 392 g/mol. The van der Waals surface area contributed by atoms with E-state index in [0.29, 0.717) is 11.5 Å². The minimum Gasteiger partial charge on any atom is -0.352 e. The second-order valence-corrected chi connectivity index (χ2v) is 9.20. The fourth-order valence-corrected chi connectivity index (χ4v) is 4.40. The molecule has 2 aliphatic heterocycles. The lowest BCUT2D eigenvalue weighted by Gasteiger charge is -2.45. The summed E-state index contributed by atoms with van der Waals surface area (Å²) in [5.74, 6) is -0.111.